The topological polar surface area (TPSA) is 111 Å². The Morgan fingerprint density at radius 2 is 1.53 bits per heavy atom. The lowest BCUT2D eigenvalue weighted by Crippen LogP contribution is -2.31. The Morgan fingerprint density at radius 3 is 2.11 bits per heavy atom. The molecule has 0 saturated heterocycles. The van der Waals surface area contributed by atoms with Crippen molar-refractivity contribution >= 4 is 44.9 Å². The number of esters is 1. The molecule has 9 nitrogen and oxygen atoms in total. The van der Waals surface area contributed by atoms with Crippen LogP contribution in [0.2, 0.25) is 5.02 Å². The minimum absolute atomic E-state index is 0.0216. The summed E-state index contributed by atoms with van der Waals surface area (Å²) < 4.78 is 42.4. The number of hydrogen-bond donors (Lipinski definition) is 1. The molecule has 1 amide bonds. The van der Waals surface area contributed by atoms with Crippen LogP contribution in [0, 0.1) is 0 Å². The Balaban J connectivity index is 2.15. The maximum atomic E-state index is 13.5. The number of sulfonamides is 1. The molecule has 11 heteroatoms. The van der Waals surface area contributed by atoms with Gasteiger partial charge in [0.1, 0.15) is 0 Å². The molecule has 3 rings (SSSR count). The van der Waals surface area contributed by atoms with E-state index in [9.17, 15) is 18.0 Å². The van der Waals surface area contributed by atoms with Crippen molar-refractivity contribution in [3.05, 3.63) is 82.4 Å². The van der Waals surface area contributed by atoms with Crippen molar-refractivity contribution in [2.24, 2.45) is 0 Å². The summed E-state index contributed by atoms with van der Waals surface area (Å²) >= 11 is 5.97. The summed E-state index contributed by atoms with van der Waals surface area (Å²) in [4.78, 5) is 25.7. The molecule has 0 spiro atoms. The van der Waals surface area contributed by atoms with Crippen LogP contribution in [-0.2, 0) is 21.3 Å². The van der Waals surface area contributed by atoms with Crippen LogP contribution in [0.15, 0.2) is 60.7 Å². The van der Waals surface area contributed by atoms with Gasteiger partial charge in [0.15, 0.2) is 11.5 Å². The lowest BCUT2D eigenvalue weighted by molar-refractivity contribution is 0.0602. The quantitative estimate of drug-likeness (QED) is 0.407. The number of halogens is 1. The standard InChI is InChI=1S/C25H25ClN2O7S/c1-33-22-13-19(24(29)27-20-8-6-5-7-18(20)25(30)35-3)21(14-23(22)34-2)28(36(4,31)32)15-16-9-11-17(26)12-10-16/h5-14H,15H2,1-4H3,(H,27,29). The van der Waals surface area contributed by atoms with Crippen LogP contribution in [0.3, 0.4) is 0 Å². The maximum Gasteiger partial charge on any atom is 0.339 e. The average molecular weight is 533 g/mol. The molecule has 190 valence electrons. The second kappa shape index (κ2) is 11.3. The molecular formula is C25H25ClN2O7S. The molecule has 36 heavy (non-hydrogen) atoms. The molecule has 0 aliphatic carbocycles. The predicted octanol–water partition coefficient (Wildman–Crippen LogP) is 4.36. The molecule has 3 aromatic carbocycles. The Kier molecular flexibility index (Phi) is 8.44. The first kappa shape index (κ1) is 26.8. The second-order valence-corrected chi connectivity index (χ2v) is 9.95. The summed E-state index contributed by atoms with van der Waals surface area (Å²) in [7, 11) is 0.152. The highest BCUT2D eigenvalue weighted by molar-refractivity contribution is 7.92. The molecule has 0 saturated carbocycles. The highest BCUT2D eigenvalue weighted by atomic mass is 35.5. The zero-order valence-electron chi connectivity index (χ0n) is 20.1. The van der Waals surface area contributed by atoms with Gasteiger partial charge in [0.2, 0.25) is 10.0 Å². The van der Waals surface area contributed by atoms with E-state index in [0.29, 0.717) is 10.6 Å². The summed E-state index contributed by atoms with van der Waals surface area (Å²) in [6.07, 6.45) is 1.04. The smallest absolute Gasteiger partial charge is 0.339 e. The van der Waals surface area contributed by atoms with Crippen molar-refractivity contribution in [1.29, 1.82) is 0 Å². The fourth-order valence-electron chi connectivity index (χ4n) is 3.46. The molecule has 3 aromatic rings. The van der Waals surface area contributed by atoms with Crippen molar-refractivity contribution < 1.29 is 32.2 Å². The van der Waals surface area contributed by atoms with Gasteiger partial charge in [0.05, 0.1) is 56.6 Å². The number of carbonyl (C=O) groups is 2. The van der Waals surface area contributed by atoms with Crippen LogP contribution in [0.1, 0.15) is 26.3 Å². The van der Waals surface area contributed by atoms with E-state index in [1.807, 2.05) is 0 Å². The van der Waals surface area contributed by atoms with E-state index < -0.39 is 21.9 Å². The second-order valence-electron chi connectivity index (χ2n) is 7.61. The number of nitrogens with zero attached hydrogens (tertiary/aromatic N) is 1. The first-order valence-corrected chi connectivity index (χ1v) is 12.8. The molecule has 0 radical (unpaired) electrons. The average Bonchev–Trinajstić information content (AvgIpc) is 2.86. The fraction of sp³-hybridized carbons (Fsp3) is 0.200. The number of para-hydroxylation sites is 1. The Bertz CT molecular complexity index is 1380. The first-order valence-electron chi connectivity index (χ1n) is 10.6. The highest BCUT2D eigenvalue weighted by Gasteiger charge is 2.27. The maximum absolute atomic E-state index is 13.5. The number of ether oxygens (including phenoxy) is 3. The van der Waals surface area contributed by atoms with Gasteiger partial charge in [0, 0.05) is 11.1 Å². The first-order chi connectivity index (χ1) is 17.1. The summed E-state index contributed by atoms with van der Waals surface area (Å²) in [5, 5.41) is 3.17. The Hall–Kier alpha value is -3.76. The highest BCUT2D eigenvalue weighted by Crippen LogP contribution is 2.37. The SMILES string of the molecule is COC(=O)c1ccccc1NC(=O)c1cc(OC)c(OC)cc1N(Cc1ccc(Cl)cc1)S(C)(=O)=O. The third kappa shape index (κ3) is 6.07. The number of amides is 1. The lowest BCUT2D eigenvalue weighted by Gasteiger charge is -2.26. The number of hydrogen-bond acceptors (Lipinski definition) is 7. The van der Waals surface area contributed by atoms with Gasteiger partial charge in [-0.15, -0.1) is 0 Å². The molecule has 0 aromatic heterocycles. The molecule has 0 bridgehead atoms. The molecular weight excluding hydrogens is 508 g/mol. The fourth-order valence-corrected chi connectivity index (χ4v) is 4.48. The van der Waals surface area contributed by atoms with Gasteiger partial charge in [-0.25, -0.2) is 13.2 Å². The predicted molar refractivity (Wildman–Crippen MR) is 138 cm³/mol. The van der Waals surface area contributed by atoms with Gasteiger partial charge >= 0.3 is 5.97 Å². The molecule has 1 N–H and O–H groups in total. The van der Waals surface area contributed by atoms with Crippen molar-refractivity contribution in [3.63, 3.8) is 0 Å². The van der Waals surface area contributed by atoms with Crippen molar-refractivity contribution in [2.75, 3.05) is 37.2 Å². The molecule has 0 fully saturated rings. The van der Waals surface area contributed by atoms with Crippen LogP contribution < -0.4 is 19.1 Å². The number of nitrogens with one attached hydrogen (secondary N) is 1. The molecule has 0 atom stereocenters. The van der Waals surface area contributed by atoms with E-state index in [4.69, 9.17) is 25.8 Å². The molecule has 0 aliphatic heterocycles. The van der Waals surface area contributed by atoms with E-state index >= 15 is 0 Å². The van der Waals surface area contributed by atoms with Crippen molar-refractivity contribution in [2.45, 2.75) is 6.54 Å². The van der Waals surface area contributed by atoms with E-state index in [-0.39, 0.29) is 40.5 Å². The number of anilines is 2. The number of methoxy groups -OCH3 is 3. The molecule has 0 aliphatic rings. The summed E-state index contributed by atoms with van der Waals surface area (Å²) in [5.74, 6) is -0.873. The van der Waals surface area contributed by atoms with Gasteiger partial charge < -0.3 is 19.5 Å². The third-order valence-electron chi connectivity index (χ3n) is 5.24. The van der Waals surface area contributed by atoms with Crippen LogP contribution >= 0.6 is 11.6 Å². The number of rotatable bonds is 9. The Morgan fingerprint density at radius 1 is 0.917 bits per heavy atom. The van der Waals surface area contributed by atoms with Gasteiger partial charge in [-0.2, -0.15) is 0 Å². The zero-order chi connectivity index (χ0) is 26.5. The van der Waals surface area contributed by atoms with E-state index in [1.165, 1.54) is 45.6 Å². The van der Waals surface area contributed by atoms with Gasteiger partial charge in [0.25, 0.3) is 5.91 Å². The van der Waals surface area contributed by atoms with Crippen LogP contribution in [0.5, 0.6) is 11.5 Å². The number of benzene rings is 3. The molecule has 0 heterocycles. The minimum Gasteiger partial charge on any atom is -0.493 e. The largest absolute Gasteiger partial charge is 0.493 e. The van der Waals surface area contributed by atoms with Gasteiger partial charge in [-0.3, -0.25) is 9.10 Å². The summed E-state index contributed by atoms with van der Waals surface area (Å²) in [6.45, 7) is -0.0789. The summed E-state index contributed by atoms with van der Waals surface area (Å²) in [6, 6.07) is 15.8. The number of carbonyl (C=O) groups excluding carboxylic acids is 2. The molecule has 0 unspecified atom stereocenters. The van der Waals surface area contributed by atoms with Crippen LogP contribution in [0.25, 0.3) is 0 Å². The van der Waals surface area contributed by atoms with Crippen molar-refractivity contribution in [3.8, 4) is 11.5 Å². The third-order valence-corrected chi connectivity index (χ3v) is 6.61. The monoisotopic (exact) mass is 532 g/mol. The van der Waals surface area contributed by atoms with Crippen LogP contribution in [0.4, 0.5) is 11.4 Å². The van der Waals surface area contributed by atoms with Crippen LogP contribution in [-0.4, -0.2) is 47.9 Å². The summed E-state index contributed by atoms with van der Waals surface area (Å²) in [5.41, 5.74) is 1.00. The normalized spacial score (nSPS) is 10.9. The van der Waals surface area contributed by atoms with E-state index in [0.717, 1.165) is 10.6 Å². The van der Waals surface area contributed by atoms with Gasteiger partial charge in [-0.1, -0.05) is 35.9 Å². The van der Waals surface area contributed by atoms with Crippen molar-refractivity contribution in [1.82, 2.24) is 0 Å². The van der Waals surface area contributed by atoms with E-state index in [1.54, 1.807) is 36.4 Å². The minimum atomic E-state index is -3.88. The van der Waals surface area contributed by atoms with Gasteiger partial charge in [-0.05, 0) is 35.9 Å². The van der Waals surface area contributed by atoms with E-state index in [2.05, 4.69) is 5.32 Å². The Labute approximate surface area is 214 Å². The zero-order valence-corrected chi connectivity index (χ0v) is 21.6. The lowest BCUT2D eigenvalue weighted by atomic mass is 10.1.